The zero-order valence-corrected chi connectivity index (χ0v) is 10.7. The van der Waals surface area contributed by atoms with Gasteiger partial charge in [-0.05, 0) is 50.8 Å². The highest BCUT2D eigenvalue weighted by molar-refractivity contribution is 5.32. The smallest absolute Gasteiger partial charge is 0.0294 e. The molecule has 1 fully saturated rings. The van der Waals surface area contributed by atoms with Gasteiger partial charge in [0.25, 0.3) is 0 Å². The van der Waals surface area contributed by atoms with Crippen LogP contribution in [0.15, 0.2) is 18.2 Å². The third-order valence-corrected chi connectivity index (χ3v) is 3.59. The molecule has 1 N–H and O–H groups in total. The summed E-state index contributed by atoms with van der Waals surface area (Å²) in [4.78, 5) is 0. The van der Waals surface area contributed by atoms with Gasteiger partial charge in [0, 0.05) is 6.04 Å². The number of rotatable bonds is 5. The fourth-order valence-corrected chi connectivity index (χ4v) is 2.33. The summed E-state index contributed by atoms with van der Waals surface area (Å²) in [6.45, 7) is 7.80. The summed E-state index contributed by atoms with van der Waals surface area (Å²) in [6.07, 6.45) is 4.27. The number of nitrogens with one attached hydrogen (secondary N) is 1. The highest BCUT2D eigenvalue weighted by Crippen LogP contribution is 2.32. The van der Waals surface area contributed by atoms with Gasteiger partial charge >= 0.3 is 0 Å². The van der Waals surface area contributed by atoms with E-state index >= 15 is 0 Å². The van der Waals surface area contributed by atoms with Crippen molar-refractivity contribution < 1.29 is 0 Å². The fourth-order valence-electron chi connectivity index (χ4n) is 2.33. The largest absolute Gasteiger partial charge is 0.310 e. The molecule has 1 nitrogen and oxygen atoms in total. The zero-order valence-electron chi connectivity index (χ0n) is 10.7. The molecule has 0 bridgehead atoms. The van der Waals surface area contributed by atoms with Crippen molar-refractivity contribution in [3.8, 4) is 0 Å². The zero-order chi connectivity index (χ0) is 11.5. The molecule has 0 saturated heterocycles. The molecule has 1 aromatic rings. The van der Waals surface area contributed by atoms with E-state index in [4.69, 9.17) is 0 Å². The van der Waals surface area contributed by atoms with Crippen LogP contribution in [0.5, 0.6) is 0 Å². The average Bonchev–Trinajstić information content (AvgIpc) is 3.01. The maximum Gasteiger partial charge on any atom is 0.0294 e. The number of hydrogen-bond donors (Lipinski definition) is 1. The van der Waals surface area contributed by atoms with Gasteiger partial charge in [-0.25, -0.2) is 0 Å². The van der Waals surface area contributed by atoms with Crippen LogP contribution in [0.4, 0.5) is 0 Å². The van der Waals surface area contributed by atoms with Crippen LogP contribution in [0.2, 0.25) is 0 Å². The third-order valence-electron chi connectivity index (χ3n) is 3.59. The van der Waals surface area contributed by atoms with Crippen LogP contribution < -0.4 is 5.32 Å². The Hall–Kier alpha value is -0.820. The Labute approximate surface area is 99.3 Å². The Morgan fingerprint density at radius 3 is 2.69 bits per heavy atom. The van der Waals surface area contributed by atoms with Gasteiger partial charge in [0.1, 0.15) is 0 Å². The standard InChI is InChI=1S/C15H23N/c1-11-4-7-15(12(2)10-11)13(3)16-9-8-14-5-6-14/h4,7,10,13-14,16H,5-6,8-9H2,1-3H3. The van der Waals surface area contributed by atoms with Crippen molar-refractivity contribution in [2.45, 2.75) is 46.1 Å². The lowest BCUT2D eigenvalue weighted by molar-refractivity contribution is 0.538. The summed E-state index contributed by atoms with van der Waals surface area (Å²) in [5.41, 5.74) is 4.21. The van der Waals surface area contributed by atoms with E-state index < -0.39 is 0 Å². The second kappa shape index (κ2) is 5.01. The molecular weight excluding hydrogens is 194 g/mol. The molecule has 1 aliphatic carbocycles. The summed E-state index contributed by atoms with van der Waals surface area (Å²) in [5, 5.41) is 3.63. The molecule has 0 amide bonds. The molecule has 1 unspecified atom stereocenters. The van der Waals surface area contributed by atoms with E-state index in [1.807, 2.05) is 0 Å². The van der Waals surface area contributed by atoms with Crippen LogP contribution in [0.1, 0.15) is 48.9 Å². The van der Waals surface area contributed by atoms with Gasteiger partial charge in [-0.1, -0.05) is 36.6 Å². The van der Waals surface area contributed by atoms with E-state index in [0.717, 1.165) is 5.92 Å². The Balaban J connectivity index is 1.88. The van der Waals surface area contributed by atoms with Gasteiger partial charge < -0.3 is 5.32 Å². The average molecular weight is 217 g/mol. The van der Waals surface area contributed by atoms with E-state index in [2.05, 4.69) is 44.3 Å². The summed E-state index contributed by atoms with van der Waals surface area (Å²) in [6, 6.07) is 7.23. The molecule has 1 saturated carbocycles. The first-order valence-corrected chi connectivity index (χ1v) is 6.47. The lowest BCUT2D eigenvalue weighted by Crippen LogP contribution is -2.20. The predicted octanol–water partition coefficient (Wildman–Crippen LogP) is 3.75. The van der Waals surface area contributed by atoms with E-state index in [0.29, 0.717) is 6.04 Å². The summed E-state index contributed by atoms with van der Waals surface area (Å²) >= 11 is 0. The molecule has 16 heavy (non-hydrogen) atoms. The van der Waals surface area contributed by atoms with Gasteiger partial charge in [0.15, 0.2) is 0 Å². The summed E-state index contributed by atoms with van der Waals surface area (Å²) < 4.78 is 0. The Bertz CT molecular complexity index is 352. The van der Waals surface area contributed by atoms with Crippen LogP contribution >= 0.6 is 0 Å². The van der Waals surface area contributed by atoms with Crippen LogP contribution in [0, 0.1) is 19.8 Å². The van der Waals surface area contributed by atoms with Crippen molar-refractivity contribution in [3.05, 3.63) is 34.9 Å². The first-order valence-electron chi connectivity index (χ1n) is 6.47. The van der Waals surface area contributed by atoms with Crippen molar-refractivity contribution in [3.63, 3.8) is 0 Å². The minimum absolute atomic E-state index is 0.486. The van der Waals surface area contributed by atoms with Crippen LogP contribution in [-0.2, 0) is 0 Å². The van der Waals surface area contributed by atoms with Gasteiger partial charge in [0.2, 0.25) is 0 Å². The minimum Gasteiger partial charge on any atom is -0.310 e. The molecule has 0 heterocycles. The topological polar surface area (TPSA) is 12.0 Å². The predicted molar refractivity (Wildman–Crippen MR) is 69.7 cm³/mol. The summed E-state index contributed by atoms with van der Waals surface area (Å²) in [5.74, 6) is 1.03. The SMILES string of the molecule is Cc1ccc(C(C)NCCC2CC2)c(C)c1. The second-order valence-corrected chi connectivity index (χ2v) is 5.27. The molecule has 0 aliphatic heterocycles. The lowest BCUT2D eigenvalue weighted by Gasteiger charge is -2.17. The Morgan fingerprint density at radius 2 is 2.06 bits per heavy atom. The van der Waals surface area contributed by atoms with E-state index in [-0.39, 0.29) is 0 Å². The third kappa shape index (κ3) is 3.08. The molecule has 1 aromatic carbocycles. The summed E-state index contributed by atoms with van der Waals surface area (Å²) in [7, 11) is 0. The normalized spacial score (nSPS) is 17.4. The van der Waals surface area contributed by atoms with Gasteiger partial charge in [-0.3, -0.25) is 0 Å². The highest BCUT2D eigenvalue weighted by atomic mass is 14.9. The number of aryl methyl sites for hydroxylation is 2. The van der Waals surface area contributed by atoms with E-state index in [9.17, 15) is 0 Å². The highest BCUT2D eigenvalue weighted by Gasteiger charge is 2.20. The Kier molecular flexibility index (Phi) is 3.65. The monoisotopic (exact) mass is 217 g/mol. The quantitative estimate of drug-likeness (QED) is 0.792. The molecular formula is C15H23N. The second-order valence-electron chi connectivity index (χ2n) is 5.27. The lowest BCUT2D eigenvalue weighted by atomic mass is 10.0. The number of hydrogen-bond acceptors (Lipinski definition) is 1. The van der Waals surface area contributed by atoms with Gasteiger partial charge in [-0.2, -0.15) is 0 Å². The van der Waals surface area contributed by atoms with Crippen LogP contribution in [0.25, 0.3) is 0 Å². The van der Waals surface area contributed by atoms with E-state index in [1.54, 1.807) is 0 Å². The van der Waals surface area contributed by atoms with Crippen molar-refractivity contribution in [2.75, 3.05) is 6.54 Å². The maximum atomic E-state index is 3.63. The van der Waals surface area contributed by atoms with Gasteiger partial charge in [0.05, 0.1) is 0 Å². The van der Waals surface area contributed by atoms with Gasteiger partial charge in [-0.15, -0.1) is 0 Å². The molecule has 0 aromatic heterocycles. The first-order chi connectivity index (χ1) is 7.66. The maximum absolute atomic E-state index is 3.63. The van der Waals surface area contributed by atoms with Crippen molar-refractivity contribution in [2.24, 2.45) is 5.92 Å². The minimum atomic E-state index is 0.486. The Morgan fingerprint density at radius 1 is 1.31 bits per heavy atom. The first kappa shape index (κ1) is 11.7. The fraction of sp³-hybridized carbons (Fsp3) is 0.600. The van der Waals surface area contributed by atoms with Crippen molar-refractivity contribution in [1.29, 1.82) is 0 Å². The molecule has 0 spiro atoms. The molecule has 2 rings (SSSR count). The molecule has 1 aliphatic rings. The van der Waals surface area contributed by atoms with Crippen molar-refractivity contribution >= 4 is 0 Å². The van der Waals surface area contributed by atoms with Crippen molar-refractivity contribution in [1.82, 2.24) is 5.32 Å². The molecule has 0 radical (unpaired) electrons. The molecule has 1 atom stereocenters. The van der Waals surface area contributed by atoms with Crippen LogP contribution in [0.3, 0.4) is 0 Å². The van der Waals surface area contributed by atoms with E-state index in [1.165, 1.54) is 42.5 Å². The molecule has 88 valence electrons. The van der Waals surface area contributed by atoms with Crippen LogP contribution in [-0.4, -0.2) is 6.54 Å². The number of benzene rings is 1. The molecule has 1 heteroatoms.